The molecule has 0 unspecified atom stereocenters. The van der Waals surface area contributed by atoms with Gasteiger partial charge >= 0.3 is 0 Å². The van der Waals surface area contributed by atoms with Gasteiger partial charge in [-0.25, -0.2) is 0 Å². The first kappa shape index (κ1) is 21.0. The third-order valence-corrected chi connectivity index (χ3v) is 5.42. The fourth-order valence-corrected chi connectivity index (χ4v) is 3.78. The first-order valence-electron chi connectivity index (χ1n) is 10.1. The molecule has 2 rings (SSSR count). The number of nitrogens with one attached hydrogen (secondary N) is 1. The second kappa shape index (κ2) is 12.9. The van der Waals surface area contributed by atoms with Gasteiger partial charge in [0.2, 0.25) is 0 Å². The van der Waals surface area contributed by atoms with Crippen molar-refractivity contribution >= 4 is 11.3 Å². The summed E-state index contributed by atoms with van der Waals surface area (Å²) < 4.78 is 6.15. The largest absolute Gasteiger partial charge is 0.493 e. The predicted octanol–water partition coefficient (Wildman–Crippen LogP) is 6.86. The van der Waals surface area contributed by atoms with Gasteiger partial charge in [-0.15, -0.1) is 11.3 Å². The van der Waals surface area contributed by atoms with Gasteiger partial charge in [0.1, 0.15) is 5.75 Å². The van der Waals surface area contributed by atoms with Crippen molar-refractivity contribution in [3.05, 3.63) is 48.2 Å². The number of ether oxygens (including phenoxy) is 1. The third-order valence-electron chi connectivity index (χ3n) is 4.52. The minimum Gasteiger partial charge on any atom is -0.493 e. The van der Waals surface area contributed by atoms with Crippen LogP contribution < -0.4 is 10.1 Å². The molecule has 2 aromatic rings. The number of benzene rings is 1. The minimum absolute atomic E-state index is 0.811. The molecule has 1 aromatic heterocycles. The van der Waals surface area contributed by atoms with E-state index in [1.165, 1.54) is 54.5 Å². The van der Waals surface area contributed by atoms with Crippen LogP contribution in [0.15, 0.2) is 35.7 Å². The zero-order valence-electron chi connectivity index (χ0n) is 16.3. The summed E-state index contributed by atoms with van der Waals surface area (Å²) in [4.78, 5) is 1.28. The van der Waals surface area contributed by atoms with Gasteiger partial charge in [0.05, 0.1) is 6.61 Å². The fourth-order valence-electron chi connectivity index (χ4n) is 3.04. The molecule has 143 valence electrons. The fraction of sp³-hybridized carbons (Fsp3) is 0.522. The van der Waals surface area contributed by atoms with Crippen LogP contribution in [-0.4, -0.2) is 13.2 Å². The molecule has 0 spiro atoms. The highest BCUT2D eigenvalue weighted by atomic mass is 32.1. The summed E-state index contributed by atoms with van der Waals surface area (Å²) >= 11 is 1.77. The monoisotopic (exact) mass is 372 g/mol. The molecule has 0 aliphatic rings. The summed E-state index contributed by atoms with van der Waals surface area (Å²) in [6.07, 6.45) is 10.1. The Morgan fingerprint density at radius 2 is 1.85 bits per heavy atom. The Kier molecular flexibility index (Phi) is 10.4. The standard InChI is InChI=1S/C23H34NOS/c1-3-5-6-7-8-9-10-16-25-22-14-13-20(19-24-15-4-2)18-21(22)23-12-11-17-26-23/h11-14,17-18,24H,2-10,15-16,19H2,1H3. The topological polar surface area (TPSA) is 21.3 Å². The van der Waals surface area contributed by atoms with Crippen molar-refractivity contribution in [1.29, 1.82) is 0 Å². The highest BCUT2D eigenvalue weighted by Crippen LogP contribution is 2.34. The molecule has 1 N–H and O–H groups in total. The third kappa shape index (κ3) is 7.51. The van der Waals surface area contributed by atoms with Gasteiger partial charge in [0, 0.05) is 17.0 Å². The Balaban J connectivity index is 1.86. The lowest BCUT2D eigenvalue weighted by molar-refractivity contribution is 0.305. The van der Waals surface area contributed by atoms with E-state index in [1.807, 2.05) is 0 Å². The molecule has 0 saturated carbocycles. The van der Waals surface area contributed by atoms with Crippen LogP contribution >= 0.6 is 11.3 Å². The average Bonchev–Trinajstić information content (AvgIpc) is 3.19. The van der Waals surface area contributed by atoms with E-state index in [4.69, 9.17) is 4.74 Å². The Bertz CT molecular complexity index is 594. The summed E-state index contributed by atoms with van der Waals surface area (Å²) in [6, 6.07) is 10.9. The molecule has 3 heteroatoms. The van der Waals surface area contributed by atoms with Gasteiger partial charge in [-0.1, -0.05) is 64.5 Å². The average molecular weight is 373 g/mol. The molecule has 0 aliphatic carbocycles. The van der Waals surface area contributed by atoms with E-state index in [1.54, 1.807) is 11.3 Å². The van der Waals surface area contributed by atoms with E-state index in [9.17, 15) is 0 Å². The van der Waals surface area contributed by atoms with Crippen molar-refractivity contribution in [1.82, 2.24) is 5.32 Å². The second-order valence-electron chi connectivity index (χ2n) is 6.81. The maximum atomic E-state index is 6.15. The molecule has 0 amide bonds. The van der Waals surface area contributed by atoms with E-state index >= 15 is 0 Å². The maximum absolute atomic E-state index is 6.15. The summed E-state index contributed by atoms with van der Waals surface area (Å²) in [5.74, 6) is 1.01. The number of hydrogen-bond donors (Lipinski definition) is 1. The number of hydrogen-bond acceptors (Lipinski definition) is 3. The molecular weight excluding hydrogens is 338 g/mol. The molecule has 2 nitrogen and oxygen atoms in total. The van der Waals surface area contributed by atoms with E-state index < -0.39 is 0 Å². The van der Waals surface area contributed by atoms with Crippen LogP contribution in [0.5, 0.6) is 5.75 Å². The van der Waals surface area contributed by atoms with E-state index in [0.29, 0.717) is 0 Å². The smallest absolute Gasteiger partial charge is 0.127 e. The first-order valence-corrected chi connectivity index (χ1v) is 11.0. The molecule has 1 radical (unpaired) electrons. The Morgan fingerprint density at radius 3 is 2.58 bits per heavy atom. The molecular formula is C23H34NOS. The van der Waals surface area contributed by atoms with Crippen LogP contribution in [0.25, 0.3) is 10.4 Å². The van der Waals surface area contributed by atoms with Crippen molar-refractivity contribution in [2.24, 2.45) is 0 Å². The second-order valence-corrected chi connectivity index (χ2v) is 7.76. The van der Waals surface area contributed by atoms with Gasteiger partial charge in [0.15, 0.2) is 0 Å². The van der Waals surface area contributed by atoms with Crippen molar-refractivity contribution in [2.45, 2.75) is 64.8 Å². The quantitative estimate of drug-likeness (QED) is 0.366. The van der Waals surface area contributed by atoms with Crippen LogP contribution in [0.3, 0.4) is 0 Å². The summed E-state index contributed by atoms with van der Waals surface area (Å²) in [5, 5.41) is 5.55. The highest BCUT2D eigenvalue weighted by molar-refractivity contribution is 7.13. The van der Waals surface area contributed by atoms with E-state index in [-0.39, 0.29) is 0 Å². The van der Waals surface area contributed by atoms with Crippen LogP contribution in [-0.2, 0) is 6.54 Å². The predicted molar refractivity (Wildman–Crippen MR) is 115 cm³/mol. The zero-order valence-corrected chi connectivity index (χ0v) is 17.1. The van der Waals surface area contributed by atoms with Crippen LogP contribution in [0.4, 0.5) is 0 Å². The minimum atomic E-state index is 0.811. The normalized spacial score (nSPS) is 11.0. The molecule has 0 bridgehead atoms. The SMILES string of the molecule is [CH2]CCNCc1ccc(OCCCCCCCCC)c(-c2cccs2)c1. The van der Waals surface area contributed by atoms with Crippen molar-refractivity contribution < 1.29 is 4.74 Å². The van der Waals surface area contributed by atoms with Crippen LogP contribution in [0.1, 0.15) is 63.9 Å². The molecule has 26 heavy (non-hydrogen) atoms. The maximum Gasteiger partial charge on any atom is 0.127 e. The molecule has 0 atom stereocenters. The first-order chi connectivity index (χ1) is 12.8. The summed E-state index contributed by atoms with van der Waals surface area (Å²) in [6.45, 7) is 8.78. The lowest BCUT2D eigenvalue weighted by Gasteiger charge is -2.13. The van der Waals surface area contributed by atoms with Gasteiger partial charge in [-0.05, 0) is 48.5 Å². The van der Waals surface area contributed by atoms with Crippen LogP contribution in [0.2, 0.25) is 0 Å². The van der Waals surface area contributed by atoms with Crippen LogP contribution in [0, 0.1) is 6.92 Å². The zero-order chi connectivity index (χ0) is 18.5. The highest BCUT2D eigenvalue weighted by Gasteiger charge is 2.09. The van der Waals surface area contributed by atoms with Crippen molar-refractivity contribution in [3.63, 3.8) is 0 Å². The Hall–Kier alpha value is -1.32. The summed E-state index contributed by atoms with van der Waals surface area (Å²) in [5.41, 5.74) is 2.52. The van der Waals surface area contributed by atoms with Crippen molar-refractivity contribution in [2.75, 3.05) is 13.2 Å². The lowest BCUT2D eigenvalue weighted by Crippen LogP contribution is -2.13. The molecule has 0 fully saturated rings. The van der Waals surface area contributed by atoms with Gasteiger partial charge in [-0.3, -0.25) is 0 Å². The van der Waals surface area contributed by atoms with E-state index in [2.05, 4.69) is 54.9 Å². The van der Waals surface area contributed by atoms with Crippen molar-refractivity contribution in [3.8, 4) is 16.2 Å². The molecule has 0 saturated heterocycles. The Morgan fingerprint density at radius 1 is 1.04 bits per heavy atom. The molecule has 1 aromatic carbocycles. The lowest BCUT2D eigenvalue weighted by atomic mass is 10.1. The number of unbranched alkanes of at least 4 members (excludes halogenated alkanes) is 6. The van der Waals surface area contributed by atoms with Gasteiger partial charge < -0.3 is 10.1 Å². The van der Waals surface area contributed by atoms with Gasteiger partial charge in [-0.2, -0.15) is 0 Å². The molecule has 0 aliphatic heterocycles. The van der Waals surface area contributed by atoms with Gasteiger partial charge in [0.25, 0.3) is 0 Å². The molecule has 1 heterocycles. The summed E-state index contributed by atoms with van der Waals surface area (Å²) in [7, 11) is 0. The number of thiophene rings is 1. The Labute approximate surface area is 164 Å². The number of rotatable bonds is 14. The van der Waals surface area contributed by atoms with E-state index in [0.717, 1.165) is 38.3 Å².